The van der Waals surface area contributed by atoms with Gasteiger partial charge in [-0.15, -0.1) is 0 Å². The molecule has 118 valence electrons. The Balaban J connectivity index is 2.89. The molecule has 0 aliphatic heterocycles. The van der Waals surface area contributed by atoms with Gasteiger partial charge in [-0.3, -0.25) is 0 Å². The van der Waals surface area contributed by atoms with Gasteiger partial charge in [-0.1, -0.05) is 69.6 Å². The molecule has 0 aromatic heterocycles. The summed E-state index contributed by atoms with van der Waals surface area (Å²) in [5, 5.41) is 23.6. The fraction of sp³-hybridized carbons (Fsp3) is 0.333. The maximum atomic E-state index is 11.0. The molecule has 2 aromatic rings. The third-order valence-corrected chi connectivity index (χ3v) is 7.88. The van der Waals surface area contributed by atoms with E-state index in [-0.39, 0.29) is 0 Å². The van der Waals surface area contributed by atoms with Crippen molar-refractivity contribution in [2.24, 2.45) is 0 Å². The van der Waals surface area contributed by atoms with Crippen LogP contribution < -0.4 is 10.4 Å². The summed E-state index contributed by atoms with van der Waals surface area (Å²) in [6.07, 6.45) is 0. The molecule has 0 bridgehead atoms. The summed E-state index contributed by atoms with van der Waals surface area (Å²) >= 11 is 0. The molecular weight excluding hydrogens is 304 g/mol. The molecule has 2 aromatic carbocycles. The number of hydrogen-bond donors (Lipinski definition) is 2. The van der Waals surface area contributed by atoms with E-state index in [2.05, 4.69) is 39.3 Å². The first-order valence-electron chi connectivity index (χ1n) is 7.69. The topological polar surface area (TPSA) is 40.5 Å². The van der Waals surface area contributed by atoms with E-state index in [9.17, 15) is 10.2 Å². The van der Waals surface area contributed by atoms with Gasteiger partial charge in [0.15, 0.2) is 0 Å². The molecule has 0 unspecified atom stereocenters. The van der Waals surface area contributed by atoms with Crippen LogP contribution in [0, 0.1) is 0 Å². The first-order chi connectivity index (χ1) is 10.0. The summed E-state index contributed by atoms with van der Waals surface area (Å²) in [6.45, 7) is 13.2. The second-order valence-corrected chi connectivity index (χ2v) is 17.9. The van der Waals surface area contributed by atoms with Crippen molar-refractivity contribution >= 4 is 26.5 Å². The Morgan fingerprint density at radius 1 is 0.773 bits per heavy atom. The molecule has 2 N–H and O–H groups in total. The number of phenols is 2. The molecule has 0 radical (unpaired) electrons. The van der Waals surface area contributed by atoms with Crippen LogP contribution in [0.2, 0.25) is 39.3 Å². The molecule has 0 amide bonds. The van der Waals surface area contributed by atoms with Crippen molar-refractivity contribution in [1.29, 1.82) is 0 Å². The SMILES string of the molecule is C[Si](C)(C)c1cc(O)c(-c2ccccc2)c([Si](C)(C)C)c1O. The molecule has 22 heavy (non-hydrogen) atoms. The molecular formula is C18H26O2Si2. The summed E-state index contributed by atoms with van der Waals surface area (Å²) in [6, 6.07) is 11.7. The first kappa shape index (κ1) is 16.8. The summed E-state index contributed by atoms with van der Waals surface area (Å²) < 4.78 is 0. The average Bonchev–Trinajstić information content (AvgIpc) is 2.39. The van der Waals surface area contributed by atoms with E-state index in [1.54, 1.807) is 6.07 Å². The average molecular weight is 331 g/mol. The third kappa shape index (κ3) is 3.13. The van der Waals surface area contributed by atoms with Crippen LogP contribution in [0.25, 0.3) is 11.1 Å². The minimum Gasteiger partial charge on any atom is -0.508 e. The second-order valence-electron chi connectivity index (χ2n) is 7.91. The van der Waals surface area contributed by atoms with Gasteiger partial charge in [0.1, 0.15) is 11.5 Å². The van der Waals surface area contributed by atoms with Crippen LogP contribution in [0.4, 0.5) is 0 Å². The van der Waals surface area contributed by atoms with E-state index in [0.29, 0.717) is 11.5 Å². The Hall–Kier alpha value is -1.53. The standard InChI is InChI=1S/C18H26O2Si2/c1-21(2,3)15-12-14(19)16(13-10-8-7-9-11-13)18(17(15)20)22(4,5)6/h7-12,19-20H,1-6H3. The van der Waals surface area contributed by atoms with E-state index >= 15 is 0 Å². The van der Waals surface area contributed by atoms with Crippen molar-refractivity contribution in [1.82, 2.24) is 0 Å². The molecule has 0 fully saturated rings. The smallest absolute Gasteiger partial charge is 0.123 e. The van der Waals surface area contributed by atoms with Gasteiger partial charge in [-0.2, -0.15) is 0 Å². The van der Waals surface area contributed by atoms with E-state index in [1.165, 1.54) is 0 Å². The largest absolute Gasteiger partial charge is 0.508 e. The zero-order valence-corrected chi connectivity index (χ0v) is 16.4. The highest BCUT2D eigenvalue weighted by molar-refractivity contribution is 6.93. The lowest BCUT2D eigenvalue weighted by molar-refractivity contribution is 0.468. The van der Waals surface area contributed by atoms with Crippen LogP contribution in [0.5, 0.6) is 11.5 Å². The van der Waals surface area contributed by atoms with Crippen molar-refractivity contribution < 1.29 is 10.2 Å². The lowest BCUT2D eigenvalue weighted by Gasteiger charge is -2.28. The fourth-order valence-corrected chi connectivity index (χ4v) is 6.25. The highest BCUT2D eigenvalue weighted by atomic mass is 28.3. The first-order valence-corrected chi connectivity index (χ1v) is 14.7. The van der Waals surface area contributed by atoms with Gasteiger partial charge in [-0.05, 0) is 22.0 Å². The normalized spacial score (nSPS) is 12.5. The number of benzene rings is 2. The number of rotatable bonds is 3. The number of phenolic OH excluding ortho intramolecular Hbond substituents is 2. The summed E-state index contributed by atoms with van der Waals surface area (Å²) in [5.41, 5.74) is 1.77. The molecule has 4 heteroatoms. The Bertz CT molecular complexity index is 681. The van der Waals surface area contributed by atoms with Crippen LogP contribution in [-0.2, 0) is 0 Å². The fourth-order valence-electron chi connectivity index (χ4n) is 2.86. The van der Waals surface area contributed by atoms with Gasteiger partial charge in [0.25, 0.3) is 0 Å². The van der Waals surface area contributed by atoms with Crippen molar-refractivity contribution in [2.45, 2.75) is 39.3 Å². The maximum Gasteiger partial charge on any atom is 0.123 e. The quantitative estimate of drug-likeness (QED) is 0.663. The van der Waals surface area contributed by atoms with Crippen LogP contribution in [0.15, 0.2) is 36.4 Å². The Morgan fingerprint density at radius 3 is 1.77 bits per heavy atom. The molecule has 0 saturated heterocycles. The van der Waals surface area contributed by atoms with Crippen molar-refractivity contribution in [3.8, 4) is 22.6 Å². The van der Waals surface area contributed by atoms with Crippen molar-refractivity contribution in [2.75, 3.05) is 0 Å². The zero-order valence-electron chi connectivity index (χ0n) is 14.4. The van der Waals surface area contributed by atoms with Crippen LogP contribution in [0.1, 0.15) is 0 Å². The van der Waals surface area contributed by atoms with Gasteiger partial charge in [0.2, 0.25) is 0 Å². The Labute approximate surface area is 135 Å². The maximum absolute atomic E-state index is 11.0. The van der Waals surface area contributed by atoms with Crippen LogP contribution in [0.3, 0.4) is 0 Å². The zero-order chi connectivity index (χ0) is 16.7. The molecule has 0 saturated carbocycles. The highest BCUT2D eigenvalue weighted by Crippen LogP contribution is 2.33. The van der Waals surface area contributed by atoms with Gasteiger partial charge in [0, 0.05) is 5.56 Å². The van der Waals surface area contributed by atoms with Gasteiger partial charge >= 0.3 is 0 Å². The van der Waals surface area contributed by atoms with E-state index < -0.39 is 16.1 Å². The lowest BCUT2D eigenvalue weighted by atomic mass is 10.0. The van der Waals surface area contributed by atoms with Crippen LogP contribution >= 0.6 is 0 Å². The van der Waals surface area contributed by atoms with E-state index in [1.807, 2.05) is 30.3 Å². The number of aromatic hydroxyl groups is 2. The number of hydrogen-bond acceptors (Lipinski definition) is 2. The predicted molar refractivity (Wildman–Crippen MR) is 101 cm³/mol. The second kappa shape index (κ2) is 5.59. The molecule has 0 atom stereocenters. The summed E-state index contributed by atoms with van der Waals surface area (Å²) in [4.78, 5) is 0. The van der Waals surface area contributed by atoms with Gasteiger partial charge in [-0.25, -0.2) is 0 Å². The molecule has 0 aliphatic rings. The third-order valence-electron chi connectivity index (χ3n) is 3.90. The van der Waals surface area contributed by atoms with Gasteiger partial charge in [0.05, 0.1) is 16.1 Å². The Kier molecular flexibility index (Phi) is 4.28. The minimum absolute atomic E-state index is 0.291. The predicted octanol–water partition coefficient (Wildman–Crippen LogP) is 3.86. The highest BCUT2D eigenvalue weighted by Gasteiger charge is 2.32. The monoisotopic (exact) mass is 330 g/mol. The lowest BCUT2D eigenvalue weighted by Crippen LogP contribution is -2.46. The van der Waals surface area contributed by atoms with E-state index in [0.717, 1.165) is 21.5 Å². The molecule has 0 heterocycles. The summed E-state index contributed by atoms with van der Waals surface area (Å²) in [5.74, 6) is 0.703. The summed E-state index contributed by atoms with van der Waals surface area (Å²) in [7, 11) is -3.57. The van der Waals surface area contributed by atoms with Crippen LogP contribution in [-0.4, -0.2) is 26.4 Å². The minimum atomic E-state index is -1.83. The Morgan fingerprint density at radius 2 is 1.32 bits per heavy atom. The van der Waals surface area contributed by atoms with Crippen molar-refractivity contribution in [3.63, 3.8) is 0 Å². The van der Waals surface area contributed by atoms with E-state index in [4.69, 9.17) is 0 Å². The van der Waals surface area contributed by atoms with Gasteiger partial charge < -0.3 is 10.2 Å². The molecule has 2 nitrogen and oxygen atoms in total. The molecule has 0 spiro atoms. The molecule has 2 rings (SSSR count). The molecule has 0 aliphatic carbocycles. The van der Waals surface area contributed by atoms with Crippen molar-refractivity contribution in [3.05, 3.63) is 36.4 Å².